The molecule has 0 aliphatic carbocycles. The molecule has 4 nitrogen and oxygen atoms in total. The van der Waals surface area contributed by atoms with Crippen molar-refractivity contribution < 1.29 is 4.79 Å². The molecule has 110 valence electrons. The van der Waals surface area contributed by atoms with Gasteiger partial charge in [-0.25, -0.2) is 0 Å². The number of pyridine rings is 1. The second-order valence-electron chi connectivity index (χ2n) is 5.73. The van der Waals surface area contributed by atoms with Crippen molar-refractivity contribution in [3.63, 3.8) is 0 Å². The Morgan fingerprint density at radius 3 is 2.73 bits per heavy atom. The number of benzene rings is 1. The third-order valence-corrected chi connectivity index (χ3v) is 4.55. The molecule has 0 atom stereocenters. The summed E-state index contributed by atoms with van der Waals surface area (Å²) in [6.07, 6.45) is 3.06. The van der Waals surface area contributed by atoms with Crippen LogP contribution in [0.15, 0.2) is 42.6 Å². The minimum Gasteiger partial charge on any atom is -0.342 e. The number of nitrogens with zero attached hydrogens (tertiary/aromatic N) is 3. The molecule has 0 saturated heterocycles. The Morgan fingerprint density at radius 1 is 1.05 bits per heavy atom. The zero-order chi connectivity index (χ0) is 15.3. The average Bonchev–Trinajstić information content (AvgIpc) is 2.83. The fraction of sp³-hybridized carbons (Fsp3) is 0.222. The van der Waals surface area contributed by atoms with Crippen molar-refractivity contribution >= 4 is 22.5 Å². The van der Waals surface area contributed by atoms with E-state index in [2.05, 4.69) is 34.8 Å². The lowest BCUT2D eigenvalue weighted by Crippen LogP contribution is -2.28. The van der Waals surface area contributed by atoms with Crippen LogP contribution in [-0.4, -0.2) is 22.5 Å². The maximum Gasteiger partial charge on any atom is 0.227 e. The van der Waals surface area contributed by atoms with Crippen LogP contribution in [0.4, 0.5) is 5.69 Å². The summed E-state index contributed by atoms with van der Waals surface area (Å²) in [6.45, 7) is 0. The highest BCUT2D eigenvalue weighted by Gasteiger charge is 2.26. The molecule has 1 aliphatic rings. The van der Waals surface area contributed by atoms with Crippen LogP contribution < -0.4 is 4.90 Å². The van der Waals surface area contributed by atoms with Crippen LogP contribution in [0.1, 0.15) is 12.0 Å². The minimum absolute atomic E-state index is 0.132. The third-order valence-electron chi connectivity index (χ3n) is 4.55. The highest BCUT2D eigenvalue weighted by atomic mass is 16.2. The van der Waals surface area contributed by atoms with Crippen molar-refractivity contribution in [1.29, 1.82) is 0 Å². The zero-order valence-corrected chi connectivity index (χ0v) is 12.7. The predicted octanol–water partition coefficient (Wildman–Crippen LogP) is 3.15. The Bertz CT molecular complexity index is 894. The third kappa shape index (κ3) is 1.70. The fourth-order valence-corrected chi connectivity index (χ4v) is 3.41. The van der Waals surface area contributed by atoms with Gasteiger partial charge in [0.05, 0.1) is 11.4 Å². The summed E-state index contributed by atoms with van der Waals surface area (Å²) in [5.41, 5.74) is 5.28. The van der Waals surface area contributed by atoms with Crippen molar-refractivity contribution in [3.05, 3.63) is 48.2 Å². The van der Waals surface area contributed by atoms with E-state index in [0.29, 0.717) is 6.42 Å². The van der Waals surface area contributed by atoms with Gasteiger partial charge in [-0.15, -0.1) is 0 Å². The lowest BCUT2D eigenvalue weighted by atomic mass is 10.00. The van der Waals surface area contributed by atoms with Gasteiger partial charge in [-0.05, 0) is 30.2 Å². The van der Waals surface area contributed by atoms with Gasteiger partial charge in [0.1, 0.15) is 5.69 Å². The Kier molecular flexibility index (Phi) is 2.79. The lowest BCUT2D eigenvalue weighted by molar-refractivity contribution is -0.118. The predicted molar refractivity (Wildman–Crippen MR) is 87.9 cm³/mol. The SMILES string of the molecule is CN1C(=O)CCc2c(n(C)c3ccccc23)-c2ncccc21. The summed E-state index contributed by atoms with van der Waals surface area (Å²) in [5, 5.41) is 1.22. The van der Waals surface area contributed by atoms with Crippen molar-refractivity contribution in [2.45, 2.75) is 12.8 Å². The van der Waals surface area contributed by atoms with Crippen LogP contribution >= 0.6 is 0 Å². The van der Waals surface area contributed by atoms with Gasteiger partial charge in [-0.2, -0.15) is 0 Å². The molecule has 2 aromatic heterocycles. The number of hydrogen-bond donors (Lipinski definition) is 0. The van der Waals surface area contributed by atoms with Gasteiger partial charge in [-0.3, -0.25) is 9.78 Å². The quantitative estimate of drug-likeness (QED) is 0.638. The van der Waals surface area contributed by atoms with E-state index < -0.39 is 0 Å². The number of amides is 1. The van der Waals surface area contributed by atoms with Crippen molar-refractivity contribution in [2.75, 3.05) is 11.9 Å². The highest BCUT2D eigenvalue weighted by molar-refractivity contribution is 6.01. The van der Waals surface area contributed by atoms with Crippen LogP contribution in [0.5, 0.6) is 0 Å². The fourth-order valence-electron chi connectivity index (χ4n) is 3.41. The molecule has 4 rings (SSSR count). The second-order valence-corrected chi connectivity index (χ2v) is 5.73. The monoisotopic (exact) mass is 291 g/mol. The summed E-state index contributed by atoms with van der Waals surface area (Å²) in [4.78, 5) is 18.7. The van der Waals surface area contributed by atoms with Gasteiger partial charge in [0, 0.05) is 37.6 Å². The maximum absolute atomic E-state index is 12.4. The Morgan fingerprint density at radius 2 is 1.86 bits per heavy atom. The number of anilines is 1. The van der Waals surface area contributed by atoms with E-state index >= 15 is 0 Å². The first-order valence-corrected chi connectivity index (χ1v) is 7.46. The molecule has 0 unspecified atom stereocenters. The molecule has 0 fully saturated rings. The van der Waals surface area contributed by atoms with Crippen LogP contribution in [0.2, 0.25) is 0 Å². The standard InChI is InChI=1S/C18H17N3O/c1-20-15-8-5-11-19-17(15)18-13(9-10-16(20)22)12-6-3-4-7-14(12)21(18)2/h3-8,11H,9-10H2,1-2H3. The molecule has 1 amide bonds. The number of carbonyl (C=O) groups excluding carboxylic acids is 1. The molecule has 4 heteroatoms. The molecule has 0 saturated carbocycles. The summed E-state index contributed by atoms with van der Waals surface area (Å²) in [6, 6.07) is 12.2. The molecule has 3 aromatic rings. The van der Waals surface area contributed by atoms with Gasteiger partial charge >= 0.3 is 0 Å². The average molecular weight is 291 g/mol. The molecule has 0 N–H and O–H groups in total. The number of para-hydroxylation sites is 1. The molecule has 0 spiro atoms. The number of hydrogen-bond acceptors (Lipinski definition) is 2. The first-order valence-electron chi connectivity index (χ1n) is 7.46. The molecule has 0 radical (unpaired) electrons. The van der Waals surface area contributed by atoms with E-state index in [1.807, 2.05) is 25.2 Å². The zero-order valence-electron chi connectivity index (χ0n) is 12.7. The number of carbonyl (C=O) groups is 1. The first kappa shape index (κ1) is 13.1. The van der Waals surface area contributed by atoms with Gasteiger partial charge < -0.3 is 9.47 Å². The maximum atomic E-state index is 12.4. The molecular formula is C18H17N3O. The largest absolute Gasteiger partial charge is 0.342 e. The summed E-state index contributed by atoms with van der Waals surface area (Å²) in [7, 11) is 3.90. The van der Waals surface area contributed by atoms with Crippen LogP contribution in [0.25, 0.3) is 22.3 Å². The van der Waals surface area contributed by atoms with Gasteiger partial charge in [0.15, 0.2) is 0 Å². The van der Waals surface area contributed by atoms with Crippen LogP contribution in [0, 0.1) is 0 Å². The number of rotatable bonds is 0. The van der Waals surface area contributed by atoms with E-state index in [0.717, 1.165) is 23.5 Å². The Balaban J connectivity index is 2.13. The Hall–Kier alpha value is -2.62. The summed E-state index contributed by atoms with van der Waals surface area (Å²) >= 11 is 0. The molecular weight excluding hydrogens is 274 g/mol. The number of aromatic nitrogens is 2. The Labute approximate surface area is 129 Å². The van der Waals surface area contributed by atoms with E-state index in [9.17, 15) is 4.79 Å². The number of aryl methyl sites for hydroxylation is 2. The van der Waals surface area contributed by atoms with Crippen molar-refractivity contribution in [1.82, 2.24) is 9.55 Å². The summed E-state index contributed by atoms with van der Waals surface area (Å²) in [5.74, 6) is 0.132. The highest BCUT2D eigenvalue weighted by Crippen LogP contribution is 2.38. The topological polar surface area (TPSA) is 38.1 Å². The minimum atomic E-state index is 0.132. The van der Waals surface area contributed by atoms with Gasteiger partial charge in [-0.1, -0.05) is 18.2 Å². The van der Waals surface area contributed by atoms with E-state index in [-0.39, 0.29) is 5.91 Å². The molecule has 1 aromatic carbocycles. The number of fused-ring (bicyclic) bond motifs is 5. The van der Waals surface area contributed by atoms with Crippen molar-refractivity contribution in [3.8, 4) is 11.4 Å². The second kappa shape index (κ2) is 4.70. The normalized spacial score (nSPS) is 14.5. The van der Waals surface area contributed by atoms with Crippen LogP contribution in [-0.2, 0) is 18.3 Å². The van der Waals surface area contributed by atoms with E-state index in [1.165, 1.54) is 16.5 Å². The van der Waals surface area contributed by atoms with E-state index in [4.69, 9.17) is 0 Å². The summed E-state index contributed by atoms with van der Waals surface area (Å²) < 4.78 is 2.19. The van der Waals surface area contributed by atoms with Crippen LogP contribution in [0.3, 0.4) is 0 Å². The molecule has 22 heavy (non-hydrogen) atoms. The van der Waals surface area contributed by atoms with E-state index in [1.54, 1.807) is 11.1 Å². The smallest absolute Gasteiger partial charge is 0.227 e. The van der Waals surface area contributed by atoms with Gasteiger partial charge in [0.25, 0.3) is 0 Å². The van der Waals surface area contributed by atoms with Gasteiger partial charge in [0.2, 0.25) is 5.91 Å². The molecule has 1 aliphatic heterocycles. The van der Waals surface area contributed by atoms with Crippen molar-refractivity contribution in [2.24, 2.45) is 7.05 Å². The first-order chi connectivity index (χ1) is 10.7. The lowest BCUT2D eigenvalue weighted by Gasteiger charge is -2.23. The molecule has 0 bridgehead atoms. The molecule has 3 heterocycles.